The number of ether oxygens (including phenoxy) is 11. The number of rotatable bonds is 15. The summed E-state index contributed by atoms with van der Waals surface area (Å²) in [6, 6.07) is 0. The van der Waals surface area contributed by atoms with Crippen LogP contribution in [0.25, 0.3) is 0 Å². The standard InChI is InChI=1S/C62H96O27/c1-13-25(2)52(78)89-49-50(82-28(5)66)62(24-64)30(20-57(49,6)7)29-14-15-34-59(10)18-17-35(58(8,9)33(59)16-19-60(34,11)61(29,12)21-36(62)81-27(4)65)84-56-48(88-54-43(74)41(72)39(70)32(22-63)83-54)45(44(75)46(86-56)51(76)77)85-55-47(38(69)31(67)23-79-55)87-53-42(73)40(71)37(68)26(3)80-53/h13-14,26,30-50,53-56,63-64,67-75H,15-24H2,1-12H3,(H,76,77). The average Bonchev–Trinajstić information content (AvgIpc) is 0.670. The lowest BCUT2D eigenvalue weighted by Gasteiger charge is -2.72. The van der Waals surface area contributed by atoms with Crippen molar-refractivity contribution in [2.24, 2.45) is 50.2 Å². The lowest BCUT2D eigenvalue weighted by Crippen LogP contribution is -2.73. The zero-order chi connectivity index (χ0) is 65.7. The average molecular weight is 1270 g/mol. The molecule has 0 bridgehead atoms. The van der Waals surface area contributed by atoms with Gasteiger partial charge >= 0.3 is 23.9 Å². The summed E-state index contributed by atoms with van der Waals surface area (Å²) in [5.41, 5.74) is -3.41. The van der Waals surface area contributed by atoms with Gasteiger partial charge in [-0.05, 0) is 105 Å². The fourth-order valence-electron chi connectivity index (χ4n) is 17.7. The van der Waals surface area contributed by atoms with Crippen LogP contribution in [0.2, 0.25) is 0 Å². The van der Waals surface area contributed by atoms with Crippen molar-refractivity contribution >= 4 is 23.9 Å². The predicted octanol–water partition coefficient (Wildman–Crippen LogP) is -0.232. The number of hydrogen-bond acceptors (Lipinski definition) is 26. The summed E-state index contributed by atoms with van der Waals surface area (Å²) in [5.74, 6) is -4.31. The third kappa shape index (κ3) is 11.9. The van der Waals surface area contributed by atoms with E-state index in [0.717, 1.165) is 5.57 Å². The Morgan fingerprint density at radius 3 is 1.85 bits per heavy atom. The van der Waals surface area contributed by atoms with Crippen LogP contribution < -0.4 is 0 Å². The van der Waals surface area contributed by atoms with Crippen molar-refractivity contribution in [1.82, 2.24) is 0 Å². The number of aliphatic hydroxyl groups excluding tert-OH is 11. The molecule has 9 aliphatic rings. The number of esters is 3. The second-order valence-electron chi connectivity index (χ2n) is 28.6. The second-order valence-corrected chi connectivity index (χ2v) is 28.6. The molecule has 30 unspecified atom stereocenters. The van der Waals surface area contributed by atoms with Crippen LogP contribution in [0.1, 0.15) is 128 Å². The Morgan fingerprint density at radius 1 is 0.629 bits per heavy atom. The highest BCUT2D eigenvalue weighted by Crippen LogP contribution is 2.76. The summed E-state index contributed by atoms with van der Waals surface area (Å²) >= 11 is 0. The van der Waals surface area contributed by atoms with Crippen LogP contribution in [0.4, 0.5) is 0 Å². The van der Waals surface area contributed by atoms with E-state index in [0.29, 0.717) is 44.1 Å². The molecule has 27 nitrogen and oxygen atoms in total. The number of carbonyl (C=O) groups is 4. The molecule has 89 heavy (non-hydrogen) atoms. The first-order valence-electron chi connectivity index (χ1n) is 31.2. The summed E-state index contributed by atoms with van der Waals surface area (Å²) in [7, 11) is 0. The Labute approximate surface area is 517 Å². The summed E-state index contributed by atoms with van der Waals surface area (Å²) in [5, 5.41) is 132. The van der Waals surface area contributed by atoms with E-state index in [1.165, 1.54) is 20.8 Å². The smallest absolute Gasteiger partial charge is 0.335 e. The van der Waals surface area contributed by atoms with E-state index in [1.807, 2.05) is 27.7 Å². The molecule has 0 amide bonds. The molecule has 5 aliphatic carbocycles. The number of aliphatic carboxylic acids is 1. The van der Waals surface area contributed by atoms with Gasteiger partial charge in [0.1, 0.15) is 91.6 Å². The fraction of sp³-hybridized carbons (Fsp3) is 0.871. The van der Waals surface area contributed by atoms with Crippen molar-refractivity contribution in [3.8, 4) is 0 Å². The first-order valence-corrected chi connectivity index (χ1v) is 31.2. The molecule has 8 fully saturated rings. The van der Waals surface area contributed by atoms with Crippen molar-refractivity contribution in [1.29, 1.82) is 0 Å². The zero-order valence-corrected chi connectivity index (χ0v) is 52.7. The minimum Gasteiger partial charge on any atom is -0.479 e. The van der Waals surface area contributed by atoms with Gasteiger partial charge in [-0.3, -0.25) is 9.59 Å². The minimum atomic E-state index is -2.23. The SMILES string of the molecule is CC=C(C)C(=O)OC1C(OC(C)=O)C2(CO)C(OC(C)=O)CC3(C)C(=CCC4C5(C)CCC(OC6OC(C(=O)O)C(O)C(OC7OCC(O)C(O)C7OC7OC(C)C(O)C(O)C7O)C6OC6OC(CO)C(O)C(O)C6O)C(C)(C)C5CCC43C)C2CC1(C)C. The third-order valence-corrected chi connectivity index (χ3v) is 22.9. The van der Waals surface area contributed by atoms with Crippen molar-refractivity contribution in [3.63, 3.8) is 0 Å². The highest BCUT2D eigenvalue weighted by atomic mass is 16.8. The van der Waals surface area contributed by atoms with Gasteiger partial charge in [0.2, 0.25) is 0 Å². The van der Waals surface area contributed by atoms with Crippen LogP contribution in [0.3, 0.4) is 0 Å². The van der Waals surface area contributed by atoms with Crippen molar-refractivity contribution < 1.29 is 133 Å². The Bertz CT molecular complexity index is 2650. The summed E-state index contributed by atoms with van der Waals surface area (Å²) in [4.78, 5) is 53.5. The second kappa shape index (κ2) is 25.7. The molecule has 12 N–H and O–H groups in total. The predicted molar refractivity (Wildman–Crippen MR) is 302 cm³/mol. The molecule has 4 heterocycles. The van der Waals surface area contributed by atoms with E-state index >= 15 is 0 Å². The molecule has 0 aromatic rings. The van der Waals surface area contributed by atoms with Gasteiger partial charge in [0.15, 0.2) is 37.4 Å². The van der Waals surface area contributed by atoms with E-state index in [2.05, 4.69) is 26.8 Å². The quantitative estimate of drug-likeness (QED) is 0.0331. The maximum Gasteiger partial charge on any atom is 0.335 e. The van der Waals surface area contributed by atoms with Gasteiger partial charge in [0, 0.05) is 24.8 Å². The molecule has 0 radical (unpaired) electrons. The number of carbonyl (C=O) groups excluding carboxylic acids is 3. The lowest BCUT2D eigenvalue weighted by atomic mass is 9.33. The van der Waals surface area contributed by atoms with Gasteiger partial charge < -0.3 is 113 Å². The highest BCUT2D eigenvalue weighted by molar-refractivity contribution is 5.87. The molecular formula is C62H96O27. The van der Waals surface area contributed by atoms with Gasteiger partial charge in [-0.2, -0.15) is 0 Å². The van der Waals surface area contributed by atoms with E-state index in [4.69, 9.17) is 52.1 Å². The Balaban J connectivity index is 1.06. The van der Waals surface area contributed by atoms with E-state index < -0.39 is 223 Å². The number of carboxylic acid groups (broad SMARTS) is 1. The molecule has 4 aliphatic heterocycles. The third-order valence-electron chi connectivity index (χ3n) is 22.9. The van der Waals surface area contributed by atoms with Crippen molar-refractivity contribution in [3.05, 3.63) is 23.3 Å². The van der Waals surface area contributed by atoms with Crippen molar-refractivity contribution in [2.75, 3.05) is 19.8 Å². The monoisotopic (exact) mass is 1270 g/mol. The highest BCUT2D eigenvalue weighted by Gasteiger charge is 2.75. The fourth-order valence-corrected chi connectivity index (χ4v) is 17.7. The Morgan fingerprint density at radius 2 is 1.25 bits per heavy atom. The topological polar surface area (TPSA) is 413 Å². The number of fused-ring (bicyclic) bond motifs is 7. The van der Waals surface area contributed by atoms with Gasteiger partial charge in [0.05, 0.1) is 37.4 Å². The molecule has 27 heteroatoms. The summed E-state index contributed by atoms with van der Waals surface area (Å²) in [6.07, 6.45) is -32.1. The maximum absolute atomic E-state index is 13.6. The van der Waals surface area contributed by atoms with Gasteiger partial charge in [-0.15, -0.1) is 0 Å². The maximum atomic E-state index is 13.6. The van der Waals surface area contributed by atoms with Crippen LogP contribution in [0.5, 0.6) is 0 Å². The van der Waals surface area contributed by atoms with Crippen LogP contribution in [-0.2, 0) is 71.3 Å². The summed E-state index contributed by atoms with van der Waals surface area (Å²) < 4.78 is 68.0. The molecule has 0 spiro atoms. The molecular weight excluding hydrogens is 1180 g/mol. The summed E-state index contributed by atoms with van der Waals surface area (Å²) in [6.45, 7) is 19.8. The number of allylic oxidation sites excluding steroid dienone is 3. The molecule has 30 atom stereocenters. The first-order chi connectivity index (χ1) is 41.5. The first kappa shape index (κ1) is 69.9. The van der Waals surface area contributed by atoms with Crippen LogP contribution in [-0.4, -0.2) is 246 Å². The zero-order valence-electron chi connectivity index (χ0n) is 52.7. The molecule has 0 aromatic heterocycles. The molecule has 9 rings (SSSR count). The van der Waals surface area contributed by atoms with E-state index in [-0.39, 0.29) is 18.3 Å². The molecule has 0 aromatic carbocycles. The Kier molecular flexibility index (Phi) is 20.2. The van der Waals surface area contributed by atoms with Gasteiger partial charge in [-0.25, -0.2) is 9.59 Å². The van der Waals surface area contributed by atoms with E-state index in [9.17, 15) is 80.5 Å². The Hall–Kier alpha value is -3.40. The minimum absolute atomic E-state index is 0.0468. The molecule has 4 saturated heterocycles. The van der Waals surface area contributed by atoms with Gasteiger partial charge in [-0.1, -0.05) is 66.2 Å². The van der Waals surface area contributed by atoms with E-state index in [1.54, 1.807) is 19.9 Å². The van der Waals surface area contributed by atoms with Crippen molar-refractivity contribution in [2.45, 2.75) is 269 Å². The normalized spacial score (nSPS) is 49.5. The van der Waals surface area contributed by atoms with Crippen LogP contribution in [0.15, 0.2) is 23.3 Å². The van der Waals surface area contributed by atoms with Gasteiger partial charge in [0.25, 0.3) is 0 Å². The number of carboxylic acids is 1. The number of hydrogen-bond donors (Lipinski definition) is 12. The molecule has 506 valence electrons. The molecule has 4 saturated carbocycles. The van der Waals surface area contributed by atoms with Crippen LogP contribution in [0, 0.1) is 50.2 Å². The number of aliphatic hydroxyl groups is 11. The lowest BCUT2D eigenvalue weighted by molar-refractivity contribution is -0.400. The van der Waals surface area contributed by atoms with Crippen LogP contribution >= 0.6 is 0 Å². The largest absolute Gasteiger partial charge is 0.479 e.